The summed E-state index contributed by atoms with van der Waals surface area (Å²) < 4.78 is 6.00. The van der Waals surface area contributed by atoms with E-state index in [2.05, 4.69) is 31.4 Å². The third kappa shape index (κ3) is 2.92. The molecule has 2 atom stereocenters. The van der Waals surface area contributed by atoms with Gasteiger partial charge in [-0.25, -0.2) is 0 Å². The zero-order valence-electron chi connectivity index (χ0n) is 10.2. The maximum absolute atomic E-state index is 6.00. The van der Waals surface area contributed by atoms with Crippen molar-refractivity contribution in [3.63, 3.8) is 0 Å². The number of hydrogen-bond donors (Lipinski definition) is 2. The Balaban J connectivity index is 1.85. The highest BCUT2D eigenvalue weighted by Crippen LogP contribution is 2.30. The van der Waals surface area contributed by atoms with Crippen molar-refractivity contribution in [2.75, 3.05) is 26.2 Å². The summed E-state index contributed by atoms with van der Waals surface area (Å²) in [6, 6.07) is 0. The summed E-state index contributed by atoms with van der Waals surface area (Å²) in [7, 11) is 0. The fourth-order valence-corrected chi connectivity index (χ4v) is 2.45. The minimum absolute atomic E-state index is 0.0911. The second kappa shape index (κ2) is 4.04. The van der Waals surface area contributed by atoms with Crippen LogP contribution in [0.15, 0.2) is 0 Å². The first-order chi connectivity index (χ1) is 6.99. The lowest BCUT2D eigenvalue weighted by Crippen LogP contribution is -2.56. The van der Waals surface area contributed by atoms with Crippen LogP contribution in [0.1, 0.15) is 33.6 Å². The molecule has 0 saturated carbocycles. The molecule has 0 aromatic carbocycles. The molecule has 2 saturated heterocycles. The molecule has 0 spiro atoms. The van der Waals surface area contributed by atoms with Gasteiger partial charge in [-0.1, -0.05) is 13.8 Å². The third-order valence-corrected chi connectivity index (χ3v) is 3.56. The van der Waals surface area contributed by atoms with Crippen LogP contribution in [0.25, 0.3) is 0 Å². The van der Waals surface area contributed by atoms with E-state index >= 15 is 0 Å². The molecule has 15 heavy (non-hydrogen) atoms. The van der Waals surface area contributed by atoms with E-state index in [1.54, 1.807) is 0 Å². The van der Waals surface area contributed by atoms with Gasteiger partial charge < -0.3 is 10.1 Å². The minimum atomic E-state index is -0.0911. The summed E-state index contributed by atoms with van der Waals surface area (Å²) >= 11 is 0. The molecule has 88 valence electrons. The van der Waals surface area contributed by atoms with Crippen molar-refractivity contribution in [2.24, 2.45) is 11.3 Å². The van der Waals surface area contributed by atoms with E-state index in [0.29, 0.717) is 0 Å². The predicted octanol–water partition coefficient (Wildman–Crippen LogP) is 1.35. The molecule has 0 amide bonds. The van der Waals surface area contributed by atoms with Crippen LogP contribution in [0.2, 0.25) is 0 Å². The molecule has 0 bridgehead atoms. The molecular formula is C12H24N2O. The molecule has 2 N–H and O–H groups in total. The maximum Gasteiger partial charge on any atom is 0.116 e. The monoisotopic (exact) mass is 212 g/mol. The van der Waals surface area contributed by atoms with Crippen molar-refractivity contribution in [2.45, 2.75) is 39.3 Å². The van der Waals surface area contributed by atoms with Crippen molar-refractivity contribution in [1.82, 2.24) is 10.6 Å². The normalized spacial score (nSPS) is 40.6. The van der Waals surface area contributed by atoms with Crippen LogP contribution in [0.3, 0.4) is 0 Å². The number of ether oxygens (including phenoxy) is 1. The van der Waals surface area contributed by atoms with Crippen LogP contribution in [-0.2, 0) is 4.74 Å². The smallest absolute Gasteiger partial charge is 0.116 e. The van der Waals surface area contributed by atoms with Gasteiger partial charge in [0.2, 0.25) is 0 Å². The van der Waals surface area contributed by atoms with Gasteiger partial charge in [0.25, 0.3) is 0 Å². The van der Waals surface area contributed by atoms with Gasteiger partial charge in [-0.3, -0.25) is 5.32 Å². The molecule has 2 rings (SSSR count). The van der Waals surface area contributed by atoms with Gasteiger partial charge in [-0.05, 0) is 38.8 Å². The van der Waals surface area contributed by atoms with Crippen LogP contribution in [0.4, 0.5) is 0 Å². The first kappa shape index (κ1) is 11.4. The Morgan fingerprint density at radius 2 is 2.13 bits per heavy atom. The molecule has 2 aliphatic heterocycles. The minimum Gasteiger partial charge on any atom is -0.360 e. The van der Waals surface area contributed by atoms with Crippen LogP contribution in [-0.4, -0.2) is 32.0 Å². The van der Waals surface area contributed by atoms with Crippen LogP contribution >= 0.6 is 0 Å². The first-order valence-corrected chi connectivity index (χ1v) is 6.09. The largest absolute Gasteiger partial charge is 0.360 e. The first-order valence-electron chi connectivity index (χ1n) is 6.09. The quantitative estimate of drug-likeness (QED) is 0.725. The summed E-state index contributed by atoms with van der Waals surface area (Å²) in [6.07, 6.45) is 2.43. The topological polar surface area (TPSA) is 33.3 Å². The average molecular weight is 212 g/mol. The molecule has 0 radical (unpaired) electrons. The molecule has 2 heterocycles. The van der Waals surface area contributed by atoms with Gasteiger partial charge in [0.15, 0.2) is 0 Å². The lowest BCUT2D eigenvalue weighted by molar-refractivity contribution is -0.135. The highest BCUT2D eigenvalue weighted by molar-refractivity contribution is 4.87. The molecular weight excluding hydrogens is 188 g/mol. The van der Waals surface area contributed by atoms with E-state index < -0.39 is 0 Å². The van der Waals surface area contributed by atoms with Crippen molar-refractivity contribution in [1.29, 1.82) is 0 Å². The van der Waals surface area contributed by atoms with Gasteiger partial charge in [0.1, 0.15) is 5.72 Å². The lowest BCUT2D eigenvalue weighted by Gasteiger charge is -2.43. The van der Waals surface area contributed by atoms with Gasteiger partial charge in [0.05, 0.1) is 6.61 Å². The lowest BCUT2D eigenvalue weighted by atomic mass is 9.89. The third-order valence-electron chi connectivity index (χ3n) is 3.56. The Hall–Kier alpha value is -0.120. The Kier molecular flexibility index (Phi) is 3.06. The molecule has 0 aliphatic carbocycles. The van der Waals surface area contributed by atoms with Crippen LogP contribution in [0.5, 0.6) is 0 Å². The highest BCUT2D eigenvalue weighted by atomic mass is 16.5. The van der Waals surface area contributed by atoms with E-state index in [-0.39, 0.29) is 11.1 Å². The van der Waals surface area contributed by atoms with Crippen molar-refractivity contribution in [3.8, 4) is 0 Å². The van der Waals surface area contributed by atoms with E-state index in [1.165, 1.54) is 13.0 Å². The summed E-state index contributed by atoms with van der Waals surface area (Å²) in [5, 5.41) is 6.97. The Labute approximate surface area is 93.0 Å². The number of hydrogen-bond acceptors (Lipinski definition) is 3. The van der Waals surface area contributed by atoms with Crippen molar-refractivity contribution >= 4 is 0 Å². The van der Waals surface area contributed by atoms with Gasteiger partial charge in [-0.15, -0.1) is 0 Å². The number of rotatable bonds is 2. The molecule has 0 aromatic heterocycles. The Morgan fingerprint density at radius 3 is 2.67 bits per heavy atom. The zero-order valence-corrected chi connectivity index (χ0v) is 10.2. The van der Waals surface area contributed by atoms with Crippen molar-refractivity contribution in [3.05, 3.63) is 0 Å². The fourth-order valence-electron chi connectivity index (χ4n) is 2.45. The highest BCUT2D eigenvalue weighted by Gasteiger charge is 2.37. The van der Waals surface area contributed by atoms with E-state index in [1.807, 2.05) is 0 Å². The molecule has 2 aliphatic rings. The number of nitrogens with one attached hydrogen (secondary N) is 2. The van der Waals surface area contributed by atoms with Crippen LogP contribution in [0, 0.1) is 11.3 Å². The van der Waals surface area contributed by atoms with Gasteiger partial charge in [0, 0.05) is 12.0 Å². The SMILES string of the molecule is CC1(C)CNC(C)(CC2CCNC2)OC1. The average Bonchev–Trinajstić information content (AvgIpc) is 2.64. The Bertz CT molecular complexity index is 212. The second-order valence-electron chi connectivity index (χ2n) is 6.10. The molecule has 3 heteroatoms. The Morgan fingerprint density at radius 1 is 1.33 bits per heavy atom. The van der Waals surface area contributed by atoms with Gasteiger partial charge >= 0.3 is 0 Å². The van der Waals surface area contributed by atoms with Gasteiger partial charge in [-0.2, -0.15) is 0 Å². The molecule has 3 nitrogen and oxygen atoms in total. The summed E-state index contributed by atoms with van der Waals surface area (Å²) in [5.41, 5.74) is 0.194. The molecule has 0 aromatic rings. The second-order valence-corrected chi connectivity index (χ2v) is 6.10. The predicted molar refractivity (Wildman–Crippen MR) is 61.7 cm³/mol. The van der Waals surface area contributed by atoms with Crippen LogP contribution < -0.4 is 10.6 Å². The molecule has 2 fully saturated rings. The molecule has 2 unspecified atom stereocenters. The van der Waals surface area contributed by atoms with E-state index in [4.69, 9.17) is 4.74 Å². The maximum atomic E-state index is 6.00. The van der Waals surface area contributed by atoms with Crippen molar-refractivity contribution < 1.29 is 4.74 Å². The zero-order chi connectivity index (χ0) is 10.9. The fraction of sp³-hybridized carbons (Fsp3) is 1.00. The summed E-state index contributed by atoms with van der Waals surface area (Å²) in [6.45, 7) is 10.9. The summed E-state index contributed by atoms with van der Waals surface area (Å²) in [5.74, 6) is 0.781. The summed E-state index contributed by atoms with van der Waals surface area (Å²) in [4.78, 5) is 0. The van der Waals surface area contributed by atoms with E-state index in [0.717, 1.165) is 32.0 Å². The standard InChI is InChI=1S/C12H24N2O/c1-11(2)8-14-12(3,15-9-11)6-10-4-5-13-7-10/h10,13-14H,4-9H2,1-3H3. The van der Waals surface area contributed by atoms with E-state index in [9.17, 15) is 0 Å².